The van der Waals surface area contributed by atoms with Gasteiger partial charge in [-0.1, -0.05) is 61.5 Å². The highest BCUT2D eigenvalue weighted by Gasteiger charge is 2.24. The predicted molar refractivity (Wildman–Crippen MR) is 172 cm³/mol. The van der Waals surface area contributed by atoms with E-state index in [2.05, 4.69) is 32.3 Å². The molecular formula is C30H55N7O7. The summed E-state index contributed by atoms with van der Waals surface area (Å²) in [5, 5.41) is 13.3. The van der Waals surface area contributed by atoms with Gasteiger partial charge < -0.3 is 42.8 Å². The summed E-state index contributed by atoms with van der Waals surface area (Å²) in [6, 6.07) is 3.76. The Kier molecular flexibility index (Phi) is 28.0. The molecule has 1 aromatic rings. The molecule has 0 aliphatic rings. The molecule has 0 spiro atoms. The quantitative estimate of drug-likeness (QED) is 0.139. The van der Waals surface area contributed by atoms with Gasteiger partial charge in [0, 0.05) is 43.2 Å². The Bertz CT molecular complexity index is 1020. The van der Waals surface area contributed by atoms with Crippen molar-refractivity contribution >= 4 is 41.2 Å². The van der Waals surface area contributed by atoms with Gasteiger partial charge >= 0.3 is 5.97 Å². The molecule has 9 N–H and O–H groups in total. The van der Waals surface area contributed by atoms with Crippen molar-refractivity contribution in [2.45, 2.75) is 81.4 Å². The summed E-state index contributed by atoms with van der Waals surface area (Å²) in [4.78, 5) is 70.2. The van der Waals surface area contributed by atoms with E-state index >= 15 is 0 Å². The Morgan fingerprint density at radius 1 is 0.909 bits per heavy atom. The summed E-state index contributed by atoms with van der Waals surface area (Å²) in [5.74, 6) is -2.70. The molecule has 0 heterocycles. The number of anilines is 1. The summed E-state index contributed by atoms with van der Waals surface area (Å²) < 4.78 is 4.99. The van der Waals surface area contributed by atoms with Gasteiger partial charge in [0.2, 0.25) is 23.6 Å². The summed E-state index contributed by atoms with van der Waals surface area (Å²) in [6.45, 7) is 17.2. The van der Waals surface area contributed by atoms with E-state index < -0.39 is 29.7 Å². The second-order valence-electron chi connectivity index (χ2n) is 8.85. The lowest BCUT2D eigenvalue weighted by molar-refractivity contribution is -0.142. The van der Waals surface area contributed by atoms with Crippen molar-refractivity contribution in [2.75, 3.05) is 38.0 Å². The van der Waals surface area contributed by atoms with Crippen molar-refractivity contribution in [3.05, 3.63) is 29.3 Å². The third kappa shape index (κ3) is 21.6. The standard InChI is InChI=1S/C23H36N6O6.C3H7NO.2C2H6/c1-5-25-11-19(31)29-21(14(2)3)23(34)27-12-20(32)28-17-7-6-16(13-35-15(4)30)18(10-17)22(33)26-9-8-24;1-2-3(4)5;2*1-2/h6-7,10,14,21,25H,5,8-9,11-13,24H2,1-4H3,(H,26,33)(H,27,34)(H,28,32)(H,29,31);2H2,1H3,(H2,4,5);2*1-2H3. The second kappa shape index (κ2) is 27.8. The molecule has 0 saturated carbocycles. The Hall–Kier alpha value is -4.04. The first-order chi connectivity index (χ1) is 20.9. The molecule has 14 nitrogen and oxygen atoms in total. The van der Waals surface area contributed by atoms with Crippen molar-refractivity contribution in [1.29, 1.82) is 0 Å². The van der Waals surface area contributed by atoms with Crippen LogP contribution in [-0.4, -0.2) is 74.3 Å². The molecule has 0 radical (unpaired) electrons. The fourth-order valence-corrected chi connectivity index (χ4v) is 2.93. The SMILES string of the molecule is CC.CC.CCC(N)=O.CCNCC(=O)NC(C(=O)NCC(=O)Nc1ccc(COC(C)=O)c(C(=O)NCCN)c1)C(C)C. The number of rotatable bonds is 15. The number of esters is 1. The molecule has 252 valence electrons. The molecule has 0 aliphatic carbocycles. The number of carbonyl (C=O) groups excluding carboxylic acids is 6. The number of hydrogen-bond donors (Lipinski definition) is 7. The molecule has 1 aromatic carbocycles. The van der Waals surface area contributed by atoms with Crippen LogP contribution in [0.4, 0.5) is 5.69 Å². The third-order valence-corrected chi connectivity index (χ3v) is 5.07. The Balaban J connectivity index is -0.00000166. The average molecular weight is 626 g/mol. The van der Waals surface area contributed by atoms with Crippen LogP contribution in [0.5, 0.6) is 0 Å². The maximum atomic E-state index is 12.5. The number of nitrogens with one attached hydrogen (secondary N) is 5. The van der Waals surface area contributed by atoms with Gasteiger partial charge in [0.25, 0.3) is 5.91 Å². The summed E-state index contributed by atoms with van der Waals surface area (Å²) in [5.41, 5.74) is 11.1. The number of benzene rings is 1. The van der Waals surface area contributed by atoms with Crippen molar-refractivity contribution in [3.63, 3.8) is 0 Å². The number of hydrogen-bond acceptors (Lipinski definition) is 9. The second-order valence-corrected chi connectivity index (χ2v) is 8.85. The fourth-order valence-electron chi connectivity index (χ4n) is 2.93. The number of likely N-dealkylation sites (N-methyl/N-ethyl adjacent to an activating group) is 1. The van der Waals surface area contributed by atoms with E-state index in [-0.39, 0.29) is 56.1 Å². The van der Waals surface area contributed by atoms with E-state index in [0.717, 1.165) is 0 Å². The number of carbonyl (C=O) groups is 6. The van der Waals surface area contributed by atoms with E-state index in [9.17, 15) is 28.8 Å². The van der Waals surface area contributed by atoms with Gasteiger partial charge in [-0.15, -0.1) is 0 Å². The van der Waals surface area contributed by atoms with Crippen LogP contribution in [0, 0.1) is 5.92 Å². The molecule has 0 aromatic heterocycles. The Morgan fingerprint density at radius 2 is 1.50 bits per heavy atom. The first kappa shape index (κ1) is 44.4. The van der Waals surface area contributed by atoms with Gasteiger partial charge in [-0.25, -0.2) is 0 Å². The molecule has 44 heavy (non-hydrogen) atoms. The molecule has 1 rings (SSSR count). The van der Waals surface area contributed by atoms with Crippen molar-refractivity contribution < 1.29 is 33.5 Å². The van der Waals surface area contributed by atoms with E-state index in [0.29, 0.717) is 24.2 Å². The van der Waals surface area contributed by atoms with Crippen molar-refractivity contribution in [2.24, 2.45) is 17.4 Å². The van der Waals surface area contributed by atoms with E-state index in [1.165, 1.54) is 13.0 Å². The van der Waals surface area contributed by atoms with Gasteiger partial charge in [0.15, 0.2) is 0 Å². The number of amides is 5. The molecule has 0 saturated heterocycles. The normalized spacial score (nSPS) is 10.2. The molecule has 0 aliphatic heterocycles. The zero-order valence-electron chi connectivity index (χ0n) is 27.8. The zero-order chi connectivity index (χ0) is 34.7. The van der Waals surface area contributed by atoms with Crippen LogP contribution in [0.15, 0.2) is 18.2 Å². The van der Waals surface area contributed by atoms with Crippen LogP contribution in [0.1, 0.15) is 84.7 Å². The number of ether oxygens (including phenoxy) is 1. The molecule has 0 fully saturated rings. The Labute approximate surface area is 262 Å². The predicted octanol–water partition coefficient (Wildman–Crippen LogP) is 1.18. The van der Waals surface area contributed by atoms with Crippen LogP contribution in [0.25, 0.3) is 0 Å². The average Bonchev–Trinajstić information content (AvgIpc) is 3.01. The van der Waals surface area contributed by atoms with Gasteiger partial charge in [0.05, 0.1) is 13.1 Å². The highest BCUT2D eigenvalue weighted by molar-refractivity contribution is 5.99. The van der Waals surface area contributed by atoms with Crippen LogP contribution >= 0.6 is 0 Å². The van der Waals surface area contributed by atoms with Gasteiger partial charge in [0.1, 0.15) is 12.6 Å². The largest absolute Gasteiger partial charge is 0.461 e. The van der Waals surface area contributed by atoms with Gasteiger partial charge in [-0.3, -0.25) is 28.8 Å². The van der Waals surface area contributed by atoms with E-state index in [1.54, 1.807) is 32.9 Å². The fraction of sp³-hybridized carbons (Fsp3) is 0.600. The van der Waals surface area contributed by atoms with E-state index in [1.807, 2.05) is 34.6 Å². The highest BCUT2D eigenvalue weighted by atomic mass is 16.5. The first-order valence-corrected chi connectivity index (χ1v) is 15.0. The number of nitrogens with two attached hydrogens (primary N) is 2. The summed E-state index contributed by atoms with van der Waals surface area (Å²) in [6.07, 6.45) is 0.444. The number of primary amides is 1. The topological polar surface area (TPSA) is 224 Å². The molecule has 5 amide bonds. The van der Waals surface area contributed by atoms with Crippen LogP contribution in [0.2, 0.25) is 0 Å². The molecule has 1 atom stereocenters. The maximum absolute atomic E-state index is 12.5. The summed E-state index contributed by atoms with van der Waals surface area (Å²) >= 11 is 0. The van der Waals surface area contributed by atoms with Crippen LogP contribution in [-0.2, 0) is 35.3 Å². The van der Waals surface area contributed by atoms with Crippen molar-refractivity contribution in [3.8, 4) is 0 Å². The monoisotopic (exact) mass is 625 g/mol. The van der Waals surface area contributed by atoms with E-state index in [4.69, 9.17) is 10.5 Å². The molecular weight excluding hydrogens is 570 g/mol. The lowest BCUT2D eigenvalue weighted by atomic mass is 10.0. The van der Waals surface area contributed by atoms with Gasteiger partial charge in [-0.05, 0) is 24.6 Å². The third-order valence-electron chi connectivity index (χ3n) is 5.07. The molecule has 1 unspecified atom stereocenters. The minimum atomic E-state index is -0.799. The first-order valence-electron chi connectivity index (χ1n) is 15.0. The lowest BCUT2D eigenvalue weighted by Crippen LogP contribution is -2.52. The highest BCUT2D eigenvalue weighted by Crippen LogP contribution is 2.17. The lowest BCUT2D eigenvalue weighted by Gasteiger charge is -2.21. The minimum absolute atomic E-state index is 0.0854. The van der Waals surface area contributed by atoms with Gasteiger partial charge in [-0.2, -0.15) is 0 Å². The maximum Gasteiger partial charge on any atom is 0.302 e. The Morgan fingerprint density at radius 3 is 1.98 bits per heavy atom. The minimum Gasteiger partial charge on any atom is -0.461 e. The smallest absolute Gasteiger partial charge is 0.302 e. The van der Waals surface area contributed by atoms with Crippen LogP contribution < -0.4 is 38.1 Å². The molecule has 0 bridgehead atoms. The molecule has 14 heteroatoms. The van der Waals surface area contributed by atoms with Crippen molar-refractivity contribution in [1.82, 2.24) is 21.3 Å². The van der Waals surface area contributed by atoms with Crippen LogP contribution in [0.3, 0.4) is 0 Å². The zero-order valence-corrected chi connectivity index (χ0v) is 27.8. The summed E-state index contributed by atoms with van der Waals surface area (Å²) in [7, 11) is 0.